The van der Waals surface area contributed by atoms with Gasteiger partial charge in [-0.1, -0.05) is 12.1 Å². The molecule has 0 saturated heterocycles. The molecule has 4 nitrogen and oxygen atoms in total. The van der Waals surface area contributed by atoms with Gasteiger partial charge in [0, 0.05) is 12.5 Å². The number of Topliss-reactive ketones (excluding diaryl/α,β-unsaturated/α-hetero) is 1. The second-order valence-corrected chi connectivity index (χ2v) is 2.88. The lowest BCUT2D eigenvalue weighted by molar-refractivity contribution is -0.118. The van der Waals surface area contributed by atoms with Crippen molar-refractivity contribution in [1.82, 2.24) is 5.32 Å². The number of phenolic OH excluding ortho intramolecular Hbond substituents is 1. The molecule has 0 fully saturated rings. The van der Waals surface area contributed by atoms with Crippen LogP contribution in [-0.4, -0.2) is 23.3 Å². The van der Waals surface area contributed by atoms with Gasteiger partial charge in [-0.2, -0.15) is 0 Å². The third-order valence-electron chi connectivity index (χ3n) is 1.67. The van der Waals surface area contributed by atoms with Crippen molar-refractivity contribution >= 4 is 11.7 Å². The van der Waals surface area contributed by atoms with E-state index in [1.54, 1.807) is 12.1 Å². The first-order valence-corrected chi connectivity index (χ1v) is 4.16. The van der Waals surface area contributed by atoms with Gasteiger partial charge < -0.3 is 10.4 Å². The Kier molecular flexibility index (Phi) is 3.23. The van der Waals surface area contributed by atoms with Crippen LogP contribution in [0.4, 0.5) is 0 Å². The fourth-order valence-corrected chi connectivity index (χ4v) is 0.986. The molecule has 0 aromatic heterocycles. The van der Waals surface area contributed by atoms with Crippen molar-refractivity contribution in [2.24, 2.45) is 0 Å². The van der Waals surface area contributed by atoms with Crippen molar-refractivity contribution in [2.45, 2.75) is 6.92 Å². The number of nitrogens with one attached hydrogen (secondary N) is 1. The van der Waals surface area contributed by atoms with E-state index in [4.69, 9.17) is 5.11 Å². The molecule has 1 aromatic carbocycles. The van der Waals surface area contributed by atoms with E-state index in [0.717, 1.165) is 0 Å². The lowest BCUT2D eigenvalue weighted by Gasteiger charge is -2.01. The molecule has 0 radical (unpaired) electrons. The van der Waals surface area contributed by atoms with Crippen molar-refractivity contribution in [1.29, 1.82) is 0 Å². The Labute approximate surface area is 81.6 Å². The standard InChI is InChI=1S/C10H11NO3/c1-7(12)11-6-10(14)8-3-2-4-9(13)5-8/h2-5,13H,6H2,1H3,(H,11,12). The molecule has 0 aliphatic rings. The summed E-state index contributed by atoms with van der Waals surface area (Å²) in [6.07, 6.45) is 0. The molecule has 0 atom stereocenters. The summed E-state index contributed by atoms with van der Waals surface area (Å²) in [6, 6.07) is 6.01. The van der Waals surface area contributed by atoms with Crippen LogP contribution in [0.3, 0.4) is 0 Å². The fourth-order valence-electron chi connectivity index (χ4n) is 0.986. The van der Waals surface area contributed by atoms with Crippen LogP contribution in [-0.2, 0) is 4.79 Å². The summed E-state index contributed by atoms with van der Waals surface area (Å²) in [5.41, 5.74) is 0.388. The number of carbonyl (C=O) groups is 2. The van der Waals surface area contributed by atoms with Crippen LogP contribution >= 0.6 is 0 Å². The van der Waals surface area contributed by atoms with E-state index in [9.17, 15) is 9.59 Å². The maximum Gasteiger partial charge on any atom is 0.217 e. The number of aromatic hydroxyl groups is 1. The molecule has 14 heavy (non-hydrogen) atoms. The third-order valence-corrected chi connectivity index (χ3v) is 1.67. The van der Waals surface area contributed by atoms with Gasteiger partial charge in [0.15, 0.2) is 5.78 Å². The van der Waals surface area contributed by atoms with Gasteiger partial charge in [-0.25, -0.2) is 0 Å². The van der Waals surface area contributed by atoms with Crippen molar-refractivity contribution in [3.05, 3.63) is 29.8 Å². The van der Waals surface area contributed by atoms with E-state index in [-0.39, 0.29) is 24.0 Å². The number of ketones is 1. The maximum atomic E-state index is 11.4. The van der Waals surface area contributed by atoms with Gasteiger partial charge in [-0.3, -0.25) is 9.59 Å². The highest BCUT2D eigenvalue weighted by atomic mass is 16.3. The first kappa shape index (κ1) is 10.2. The summed E-state index contributed by atoms with van der Waals surface area (Å²) >= 11 is 0. The Hall–Kier alpha value is -1.84. The van der Waals surface area contributed by atoms with Crippen LogP contribution < -0.4 is 5.32 Å². The minimum atomic E-state index is -0.251. The lowest BCUT2D eigenvalue weighted by atomic mass is 10.1. The Morgan fingerprint density at radius 2 is 2.14 bits per heavy atom. The summed E-state index contributed by atoms with van der Waals surface area (Å²) < 4.78 is 0. The molecule has 0 unspecified atom stereocenters. The van der Waals surface area contributed by atoms with Gasteiger partial charge in [0.1, 0.15) is 5.75 Å². The number of hydrogen-bond donors (Lipinski definition) is 2. The van der Waals surface area contributed by atoms with Gasteiger partial charge in [0.05, 0.1) is 6.54 Å². The van der Waals surface area contributed by atoms with E-state index in [2.05, 4.69) is 5.32 Å². The van der Waals surface area contributed by atoms with Gasteiger partial charge in [0.2, 0.25) is 5.91 Å². The van der Waals surface area contributed by atoms with E-state index in [0.29, 0.717) is 5.56 Å². The molecule has 74 valence electrons. The first-order chi connectivity index (χ1) is 6.59. The van der Waals surface area contributed by atoms with Crippen LogP contribution in [0.5, 0.6) is 5.75 Å². The Morgan fingerprint density at radius 3 is 2.71 bits per heavy atom. The molecular formula is C10H11NO3. The molecule has 1 rings (SSSR count). The molecule has 0 spiro atoms. The minimum Gasteiger partial charge on any atom is -0.508 e. The third kappa shape index (κ3) is 2.90. The number of rotatable bonds is 3. The zero-order valence-corrected chi connectivity index (χ0v) is 7.78. The number of benzene rings is 1. The molecule has 1 aromatic rings. The monoisotopic (exact) mass is 193 g/mol. The Balaban J connectivity index is 2.65. The molecule has 0 saturated carbocycles. The first-order valence-electron chi connectivity index (χ1n) is 4.16. The zero-order valence-electron chi connectivity index (χ0n) is 7.78. The maximum absolute atomic E-state index is 11.4. The highest BCUT2D eigenvalue weighted by Gasteiger charge is 2.06. The number of hydrogen-bond acceptors (Lipinski definition) is 3. The van der Waals surface area contributed by atoms with E-state index in [1.165, 1.54) is 19.1 Å². The average Bonchev–Trinajstić information content (AvgIpc) is 2.14. The predicted molar refractivity (Wildman–Crippen MR) is 51.1 cm³/mol. The summed E-state index contributed by atoms with van der Waals surface area (Å²) in [5.74, 6) is -0.437. The highest BCUT2D eigenvalue weighted by molar-refractivity contribution is 5.99. The fraction of sp³-hybridized carbons (Fsp3) is 0.200. The van der Waals surface area contributed by atoms with E-state index < -0.39 is 0 Å². The molecule has 4 heteroatoms. The van der Waals surface area contributed by atoms with Crippen LogP contribution in [0.2, 0.25) is 0 Å². The van der Waals surface area contributed by atoms with Crippen molar-refractivity contribution in [2.75, 3.05) is 6.54 Å². The summed E-state index contributed by atoms with van der Waals surface area (Å²) in [7, 11) is 0. The molecule has 0 bridgehead atoms. The summed E-state index contributed by atoms with van der Waals surface area (Å²) in [4.78, 5) is 21.9. The van der Waals surface area contributed by atoms with Crippen molar-refractivity contribution in [3.8, 4) is 5.75 Å². The summed E-state index contributed by atoms with van der Waals surface area (Å²) in [5, 5.41) is 11.5. The average molecular weight is 193 g/mol. The SMILES string of the molecule is CC(=O)NCC(=O)c1cccc(O)c1. The van der Waals surface area contributed by atoms with E-state index >= 15 is 0 Å². The van der Waals surface area contributed by atoms with Crippen LogP contribution in [0.25, 0.3) is 0 Å². The lowest BCUT2D eigenvalue weighted by Crippen LogP contribution is -2.27. The normalized spacial score (nSPS) is 9.50. The Bertz CT molecular complexity index is 360. The summed E-state index contributed by atoms with van der Waals surface area (Å²) in [6.45, 7) is 1.30. The smallest absolute Gasteiger partial charge is 0.217 e. The largest absolute Gasteiger partial charge is 0.508 e. The molecule has 0 aliphatic carbocycles. The van der Waals surface area contributed by atoms with E-state index in [1.807, 2.05) is 0 Å². The van der Waals surface area contributed by atoms with Crippen molar-refractivity contribution in [3.63, 3.8) is 0 Å². The quantitative estimate of drug-likeness (QED) is 0.695. The topological polar surface area (TPSA) is 66.4 Å². The number of carbonyl (C=O) groups excluding carboxylic acids is 2. The van der Waals surface area contributed by atoms with Crippen molar-refractivity contribution < 1.29 is 14.7 Å². The highest BCUT2D eigenvalue weighted by Crippen LogP contribution is 2.10. The molecular weight excluding hydrogens is 182 g/mol. The van der Waals surface area contributed by atoms with Gasteiger partial charge in [-0.15, -0.1) is 0 Å². The Morgan fingerprint density at radius 1 is 1.43 bits per heavy atom. The number of amides is 1. The zero-order chi connectivity index (χ0) is 10.6. The molecule has 0 aliphatic heterocycles. The van der Waals surface area contributed by atoms with Crippen LogP contribution in [0.15, 0.2) is 24.3 Å². The molecule has 1 amide bonds. The number of phenols is 1. The van der Waals surface area contributed by atoms with Gasteiger partial charge >= 0.3 is 0 Å². The molecule has 2 N–H and O–H groups in total. The van der Waals surface area contributed by atoms with Crippen LogP contribution in [0.1, 0.15) is 17.3 Å². The van der Waals surface area contributed by atoms with Gasteiger partial charge in [-0.05, 0) is 12.1 Å². The minimum absolute atomic E-state index is 0.0404. The van der Waals surface area contributed by atoms with Crippen LogP contribution in [0, 0.1) is 0 Å². The second-order valence-electron chi connectivity index (χ2n) is 2.88. The second kappa shape index (κ2) is 4.41. The molecule has 0 heterocycles. The predicted octanol–water partition coefficient (Wildman–Crippen LogP) is 0.711. The van der Waals surface area contributed by atoms with Gasteiger partial charge in [0.25, 0.3) is 0 Å².